The molecule has 32 heavy (non-hydrogen) atoms. The van der Waals surface area contributed by atoms with Crippen LogP contribution >= 0.6 is 0 Å². The molecule has 0 aliphatic carbocycles. The smallest absolute Gasteiger partial charge is 0.340 e. The molecular weight excluding hydrogens is 404 g/mol. The minimum atomic E-state index is -0.453. The second kappa shape index (κ2) is 7.86. The Bertz CT molecular complexity index is 1380. The van der Waals surface area contributed by atoms with Crippen molar-refractivity contribution in [3.05, 3.63) is 75.3 Å². The number of amides is 1. The number of carbonyl (C=O) groups is 1. The Hall–Kier alpha value is -3.54. The van der Waals surface area contributed by atoms with Crippen LogP contribution in [0.4, 0.5) is 5.69 Å². The van der Waals surface area contributed by atoms with E-state index in [9.17, 15) is 9.59 Å². The lowest BCUT2D eigenvalue weighted by atomic mass is 10.0. The number of piperazine rings is 1. The van der Waals surface area contributed by atoms with Crippen molar-refractivity contribution in [1.82, 2.24) is 4.90 Å². The molecule has 1 aliphatic heterocycles. The summed E-state index contributed by atoms with van der Waals surface area (Å²) in [6.45, 7) is 8.66. The van der Waals surface area contributed by atoms with Crippen LogP contribution in [-0.2, 0) is 11.2 Å². The van der Waals surface area contributed by atoms with E-state index < -0.39 is 5.63 Å². The Labute approximate surface area is 186 Å². The monoisotopic (exact) mass is 430 g/mol. The summed E-state index contributed by atoms with van der Waals surface area (Å²) in [7, 11) is 0. The third-order valence-corrected chi connectivity index (χ3v) is 6.66. The molecule has 4 aromatic rings. The molecule has 0 saturated carbocycles. The number of furan rings is 1. The molecule has 6 heteroatoms. The first-order valence-corrected chi connectivity index (χ1v) is 11.0. The van der Waals surface area contributed by atoms with Gasteiger partial charge in [0.05, 0.1) is 12.0 Å². The van der Waals surface area contributed by atoms with Crippen molar-refractivity contribution in [3.8, 4) is 0 Å². The lowest BCUT2D eigenvalue weighted by Crippen LogP contribution is -2.49. The predicted octanol–water partition coefficient (Wildman–Crippen LogP) is 4.36. The zero-order chi connectivity index (χ0) is 22.4. The first kappa shape index (κ1) is 20.4. The largest absolute Gasteiger partial charge is 0.461 e. The van der Waals surface area contributed by atoms with E-state index in [4.69, 9.17) is 8.83 Å². The summed E-state index contributed by atoms with van der Waals surface area (Å²) in [5.74, 6) is 0.809. The van der Waals surface area contributed by atoms with Crippen molar-refractivity contribution in [2.75, 3.05) is 31.1 Å². The van der Waals surface area contributed by atoms with Gasteiger partial charge in [-0.25, -0.2) is 4.79 Å². The molecule has 2 aromatic carbocycles. The van der Waals surface area contributed by atoms with E-state index >= 15 is 0 Å². The van der Waals surface area contributed by atoms with Gasteiger partial charge in [-0.1, -0.05) is 18.2 Å². The molecule has 6 nitrogen and oxygen atoms in total. The van der Waals surface area contributed by atoms with Crippen LogP contribution in [0.2, 0.25) is 0 Å². The molecule has 0 bridgehead atoms. The summed E-state index contributed by atoms with van der Waals surface area (Å²) in [5, 5.41) is 1.85. The van der Waals surface area contributed by atoms with Gasteiger partial charge >= 0.3 is 5.63 Å². The molecule has 0 unspecified atom stereocenters. The van der Waals surface area contributed by atoms with E-state index in [0.29, 0.717) is 29.8 Å². The van der Waals surface area contributed by atoms with Crippen LogP contribution in [0.5, 0.6) is 0 Å². The molecule has 1 aliphatic rings. The zero-order valence-electron chi connectivity index (χ0n) is 18.6. The maximum atomic E-state index is 13.0. The number of fused-ring (bicyclic) bond motifs is 2. The Morgan fingerprint density at radius 1 is 0.875 bits per heavy atom. The molecule has 0 radical (unpaired) electrons. The Balaban J connectivity index is 1.39. The highest BCUT2D eigenvalue weighted by molar-refractivity contribution is 5.97. The maximum Gasteiger partial charge on any atom is 0.340 e. The average Bonchev–Trinajstić information content (AvgIpc) is 3.08. The summed E-state index contributed by atoms with van der Waals surface area (Å²) in [4.78, 5) is 29.9. The Morgan fingerprint density at radius 3 is 2.25 bits per heavy atom. The molecule has 0 N–H and O–H groups in total. The fourth-order valence-electron chi connectivity index (χ4n) is 4.55. The number of benzene rings is 2. The van der Waals surface area contributed by atoms with Gasteiger partial charge in [-0.2, -0.15) is 0 Å². The number of hydrogen-bond donors (Lipinski definition) is 0. The minimum Gasteiger partial charge on any atom is -0.461 e. The van der Waals surface area contributed by atoms with Crippen molar-refractivity contribution in [3.63, 3.8) is 0 Å². The van der Waals surface area contributed by atoms with Crippen LogP contribution in [0.15, 0.2) is 56.1 Å². The zero-order valence-corrected chi connectivity index (χ0v) is 18.6. The minimum absolute atomic E-state index is 0.0381. The number of carbonyl (C=O) groups excluding carboxylic acids is 1. The van der Waals surface area contributed by atoms with E-state index in [2.05, 4.69) is 17.0 Å². The van der Waals surface area contributed by atoms with Crippen molar-refractivity contribution in [2.24, 2.45) is 0 Å². The topological polar surface area (TPSA) is 66.9 Å². The normalized spacial score (nSPS) is 14.5. The molecular formula is C26H26N2O4. The van der Waals surface area contributed by atoms with Gasteiger partial charge < -0.3 is 18.6 Å². The van der Waals surface area contributed by atoms with Crippen LogP contribution in [0.3, 0.4) is 0 Å². The lowest BCUT2D eigenvalue weighted by Gasteiger charge is -2.36. The summed E-state index contributed by atoms with van der Waals surface area (Å²) >= 11 is 0. The summed E-state index contributed by atoms with van der Waals surface area (Å²) in [6.07, 6.45) is 0.0525. The van der Waals surface area contributed by atoms with Crippen LogP contribution in [0.25, 0.3) is 21.9 Å². The first-order chi connectivity index (χ1) is 15.4. The number of para-hydroxylation sites is 1. The molecule has 2 aromatic heterocycles. The molecule has 1 fully saturated rings. The van der Waals surface area contributed by atoms with Gasteiger partial charge in [0, 0.05) is 48.7 Å². The third-order valence-electron chi connectivity index (χ3n) is 6.66. The number of aryl methyl sites for hydroxylation is 3. The fourth-order valence-corrected chi connectivity index (χ4v) is 4.55. The van der Waals surface area contributed by atoms with E-state index in [1.165, 1.54) is 5.69 Å². The quantitative estimate of drug-likeness (QED) is 0.452. The molecule has 1 saturated heterocycles. The summed E-state index contributed by atoms with van der Waals surface area (Å²) in [5.41, 5.74) is 4.21. The van der Waals surface area contributed by atoms with Gasteiger partial charge in [0.2, 0.25) is 5.91 Å². The third kappa shape index (κ3) is 3.45. The van der Waals surface area contributed by atoms with Crippen molar-refractivity contribution >= 4 is 33.5 Å². The Morgan fingerprint density at radius 2 is 1.53 bits per heavy atom. The van der Waals surface area contributed by atoms with Gasteiger partial charge in [0.15, 0.2) is 0 Å². The second-order valence-electron chi connectivity index (χ2n) is 8.50. The second-order valence-corrected chi connectivity index (χ2v) is 8.50. The van der Waals surface area contributed by atoms with Gasteiger partial charge in [-0.15, -0.1) is 0 Å². The highest BCUT2D eigenvalue weighted by Gasteiger charge is 2.24. The van der Waals surface area contributed by atoms with Crippen LogP contribution in [-0.4, -0.2) is 37.0 Å². The molecule has 0 spiro atoms. The molecule has 3 heterocycles. The van der Waals surface area contributed by atoms with E-state index in [1.807, 2.05) is 49.9 Å². The van der Waals surface area contributed by atoms with Gasteiger partial charge in [0.1, 0.15) is 16.9 Å². The number of hydrogen-bond acceptors (Lipinski definition) is 5. The maximum absolute atomic E-state index is 13.0. The lowest BCUT2D eigenvalue weighted by molar-refractivity contribution is -0.130. The highest BCUT2D eigenvalue weighted by Crippen LogP contribution is 2.31. The summed E-state index contributed by atoms with van der Waals surface area (Å²) in [6, 6.07) is 14.0. The van der Waals surface area contributed by atoms with Crippen LogP contribution in [0.1, 0.15) is 22.5 Å². The molecule has 164 valence electrons. The highest BCUT2D eigenvalue weighted by atomic mass is 16.4. The van der Waals surface area contributed by atoms with Gasteiger partial charge in [-0.05, 0) is 50.1 Å². The van der Waals surface area contributed by atoms with E-state index in [1.54, 1.807) is 6.07 Å². The van der Waals surface area contributed by atoms with Crippen LogP contribution in [0, 0.1) is 20.8 Å². The molecule has 0 atom stereocenters. The van der Waals surface area contributed by atoms with Crippen LogP contribution < -0.4 is 10.5 Å². The van der Waals surface area contributed by atoms with Gasteiger partial charge in [0.25, 0.3) is 0 Å². The first-order valence-electron chi connectivity index (χ1n) is 11.0. The molecule has 1 amide bonds. The summed E-state index contributed by atoms with van der Waals surface area (Å²) < 4.78 is 11.4. The number of anilines is 1. The van der Waals surface area contributed by atoms with E-state index in [0.717, 1.165) is 40.7 Å². The average molecular weight is 431 g/mol. The fraction of sp³-hybridized carbons (Fsp3) is 0.308. The molecule has 5 rings (SSSR count). The standard InChI is InChI=1S/C26H26N2O4/c1-16-18(3)31-23-15-24-21(13-20(16)23)17(2)22(26(30)32-24)14-25(29)28-11-9-27(10-12-28)19-7-5-4-6-8-19/h4-8,13,15H,9-12,14H2,1-3H3. The van der Waals surface area contributed by atoms with Crippen molar-refractivity contribution < 1.29 is 13.6 Å². The number of nitrogens with zero attached hydrogens (tertiary/aromatic N) is 2. The van der Waals surface area contributed by atoms with E-state index in [-0.39, 0.29) is 12.3 Å². The number of rotatable bonds is 3. The van der Waals surface area contributed by atoms with Crippen molar-refractivity contribution in [2.45, 2.75) is 27.2 Å². The SMILES string of the molecule is Cc1oc2cc3oc(=O)c(CC(=O)N4CCN(c5ccccc5)CC4)c(C)c3cc2c1C. The van der Waals surface area contributed by atoms with Gasteiger partial charge in [-0.3, -0.25) is 4.79 Å². The predicted molar refractivity (Wildman–Crippen MR) is 125 cm³/mol. The Kier molecular flexibility index (Phi) is 5.00. The van der Waals surface area contributed by atoms with Crippen molar-refractivity contribution in [1.29, 1.82) is 0 Å².